The molecule has 31 heavy (non-hydrogen) atoms. The molecule has 6 heteroatoms. The Kier molecular flexibility index (Phi) is 5.69. The van der Waals surface area contributed by atoms with Crippen molar-refractivity contribution in [2.45, 2.75) is 77.9 Å². The lowest BCUT2D eigenvalue weighted by molar-refractivity contribution is 0.0287. The van der Waals surface area contributed by atoms with Crippen LogP contribution in [0, 0.1) is 11.3 Å². The first-order valence-electron chi connectivity index (χ1n) is 11.6. The largest absolute Gasteiger partial charge is 0.490 e. The van der Waals surface area contributed by atoms with Crippen LogP contribution in [0.15, 0.2) is 18.2 Å². The first-order valence-corrected chi connectivity index (χ1v) is 11.6. The average Bonchev–Trinajstić information content (AvgIpc) is 3.06. The summed E-state index contributed by atoms with van der Waals surface area (Å²) in [6.45, 7) is 12.0. The molecule has 1 aliphatic carbocycles. The Hall–Kier alpha value is -2.24. The molecule has 4 rings (SSSR count). The van der Waals surface area contributed by atoms with E-state index in [1.54, 1.807) is 4.90 Å². The summed E-state index contributed by atoms with van der Waals surface area (Å²) in [4.78, 5) is 27.2. The molecular weight excluding hydrogens is 392 g/mol. The number of carbonyl (C=O) groups is 2. The zero-order valence-electron chi connectivity index (χ0n) is 19.5. The van der Waals surface area contributed by atoms with Crippen LogP contribution in [0.25, 0.3) is 0 Å². The SMILES string of the molecule is CC1(C)CCC(Oc2ccc3c(c2)C(=O)NC[C@@H]2CN(C(=O)OC(C)(C)C)C[C@@H]32)CC1. The second kappa shape index (κ2) is 8.03. The molecule has 2 amide bonds. The number of benzene rings is 1. The third-order valence-corrected chi connectivity index (χ3v) is 6.88. The van der Waals surface area contributed by atoms with Gasteiger partial charge in [0.25, 0.3) is 5.91 Å². The molecule has 2 heterocycles. The van der Waals surface area contributed by atoms with Crippen LogP contribution in [0.4, 0.5) is 4.79 Å². The van der Waals surface area contributed by atoms with E-state index in [0.29, 0.717) is 30.6 Å². The first-order chi connectivity index (χ1) is 14.5. The number of hydrogen-bond acceptors (Lipinski definition) is 4. The van der Waals surface area contributed by atoms with Crippen molar-refractivity contribution < 1.29 is 19.1 Å². The summed E-state index contributed by atoms with van der Waals surface area (Å²) < 4.78 is 11.8. The average molecular weight is 429 g/mol. The number of likely N-dealkylation sites (tertiary alicyclic amines) is 1. The fourth-order valence-electron chi connectivity index (χ4n) is 5.04. The number of ether oxygens (including phenoxy) is 2. The van der Waals surface area contributed by atoms with Crippen LogP contribution in [0.5, 0.6) is 5.75 Å². The molecule has 6 nitrogen and oxygen atoms in total. The highest BCUT2D eigenvalue weighted by Gasteiger charge is 2.41. The Morgan fingerprint density at radius 1 is 1.16 bits per heavy atom. The number of rotatable bonds is 2. The molecule has 0 aromatic heterocycles. The van der Waals surface area contributed by atoms with Crippen LogP contribution < -0.4 is 10.1 Å². The highest BCUT2D eigenvalue weighted by molar-refractivity contribution is 5.97. The molecule has 1 N–H and O–H groups in total. The predicted octanol–water partition coefficient (Wildman–Crippen LogP) is 4.73. The zero-order chi connectivity index (χ0) is 22.4. The van der Waals surface area contributed by atoms with Crippen molar-refractivity contribution in [3.05, 3.63) is 29.3 Å². The molecule has 1 saturated heterocycles. The molecule has 0 bridgehead atoms. The monoisotopic (exact) mass is 428 g/mol. The van der Waals surface area contributed by atoms with Crippen LogP contribution in [0.3, 0.4) is 0 Å². The van der Waals surface area contributed by atoms with E-state index < -0.39 is 5.60 Å². The topological polar surface area (TPSA) is 67.9 Å². The van der Waals surface area contributed by atoms with Gasteiger partial charge in [-0.2, -0.15) is 0 Å². The Bertz CT molecular complexity index is 848. The predicted molar refractivity (Wildman–Crippen MR) is 119 cm³/mol. The van der Waals surface area contributed by atoms with Crippen LogP contribution in [0.1, 0.15) is 82.1 Å². The van der Waals surface area contributed by atoms with Crippen molar-refractivity contribution in [2.24, 2.45) is 11.3 Å². The van der Waals surface area contributed by atoms with E-state index in [1.807, 2.05) is 39.0 Å². The van der Waals surface area contributed by atoms with E-state index >= 15 is 0 Å². The van der Waals surface area contributed by atoms with Gasteiger partial charge in [-0.3, -0.25) is 4.79 Å². The van der Waals surface area contributed by atoms with E-state index in [4.69, 9.17) is 9.47 Å². The van der Waals surface area contributed by atoms with Gasteiger partial charge in [0.15, 0.2) is 0 Å². The minimum absolute atomic E-state index is 0.0524. The van der Waals surface area contributed by atoms with Crippen molar-refractivity contribution in [1.82, 2.24) is 10.2 Å². The second-order valence-corrected chi connectivity index (χ2v) is 11.2. The van der Waals surface area contributed by atoms with Gasteiger partial charge in [0, 0.05) is 37.0 Å². The maximum absolute atomic E-state index is 12.8. The molecule has 0 radical (unpaired) electrons. The Morgan fingerprint density at radius 2 is 1.87 bits per heavy atom. The fourth-order valence-corrected chi connectivity index (χ4v) is 5.04. The van der Waals surface area contributed by atoms with Crippen LogP contribution in [-0.2, 0) is 4.74 Å². The smallest absolute Gasteiger partial charge is 0.410 e. The second-order valence-electron chi connectivity index (χ2n) is 11.2. The summed E-state index contributed by atoms with van der Waals surface area (Å²) >= 11 is 0. The third kappa shape index (κ3) is 4.99. The van der Waals surface area contributed by atoms with Gasteiger partial charge in [0.1, 0.15) is 11.4 Å². The summed E-state index contributed by atoms with van der Waals surface area (Å²) in [5.41, 5.74) is 1.55. The van der Waals surface area contributed by atoms with E-state index in [-0.39, 0.29) is 29.9 Å². The van der Waals surface area contributed by atoms with Crippen molar-refractivity contribution in [3.63, 3.8) is 0 Å². The highest BCUT2D eigenvalue weighted by Crippen LogP contribution is 2.39. The molecule has 170 valence electrons. The molecule has 2 atom stereocenters. The molecule has 1 saturated carbocycles. The molecule has 2 aliphatic heterocycles. The molecule has 3 aliphatic rings. The lowest BCUT2D eigenvalue weighted by Crippen LogP contribution is -2.36. The highest BCUT2D eigenvalue weighted by atomic mass is 16.6. The van der Waals surface area contributed by atoms with Gasteiger partial charge in [0.05, 0.1) is 6.10 Å². The summed E-state index contributed by atoms with van der Waals surface area (Å²) in [6, 6.07) is 5.91. The van der Waals surface area contributed by atoms with Gasteiger partial charge in [-0.05, 0) is 69.6 Å². The Morgan fingerprint density at radius 3 is 2.55 bits per heavy atom. The summed E-state index contributed by atoms with van der Waals surface area (Å²) in [5.74, 6) is 1.01. The Balaban J connectivity index is 1.50. The number of nitrogens with zero attached hydrogens (tertiary/aromatic N) is 1. The minimum atomic E-state index is -0.519. The minimum Gasteiger partial charge on any atom is -0.490 e. The molecule has 2 fully saturated rings. The molecular formula is C25H36N2O4. The van der Waals surface area contributed by atoms with E-state index in [9.17, 15) is 9.59 Å². The normalized spacial score (nSPS) is 25.8. The molecule has 1 aromatic rings. The summed E-state index contributed by atoms with van der Waals surface area (Å²) in [5, 5.41) is 3.05. The van der Waals surface area contributed by atoms with Gasteiger partial charge in [-0.25, -0.2) is 4.79 Å². The van der Waals surface area contributed by atoms with Gasteiger partial charge in [0.2, 0.25) is 0 Å². The van der Waals surface area contributed by atoms with Crippen molar-refractivity contribution in [3.8, 4) is 5.75 Å². The fraction of sp³-hybridized carbons (Fsp3) is 0.680. The van der Waals surface area contributed by atoms with E-state index in [2.05, 4.69) is 19.2 Å². The lowest BCUT2D eigenvalue weighted by atomic mass is 9.76. The van der Waals surface area contributed by atoms with Crippen molar-refractivity contribution in [2.75, 3.05) is 19.6 Å². The van der Waals surface area contributed by atoms with E-state index in [0.717, 1.165) is 37.0 Å². The molecule has 0 spiro atoms. The lowest BCUT2D eigenvalue weighted by Gasteiger charge is -2.34. The van der Waals surface area contributed by atoms with Crippen LogP contribution in [0.2, 0.25) is 0 Å². The van der Waals surface area contributed by atoms with E-state index in [1.165, 1.54) is 0 Å². The van der Waals surface area contributed by atoms with Crippen LogP contribution >= 0.6 is 0 Å². The number of nitrogens with one attached hydrogen (secondary N) is 1. The standard InChI is InChI=1S/C25H36N2O4/c1-24(2,3)31-23(29)27-14-16-13-26-22(28)20-12-18(6-7-19(20)21(16)15-27)30-17-8-10-25(4,5)11-9-17/h6-7,12,16-17,21H,8-11,13-15H2,1-5H3,(H,26,28)/t16-,21-/m1/s1. The number of hydrogen-bond donors (Lipinski definition) is 1. The summed E-state index contributed by atoms with van der Waals surface area (Å²) in [7, 11) is 0. The zero-order valence-corrected chi connectivity index (χ0v) is 19.5. The molecule has 0 unspecified atom stereocenters. The van der Waals surface area contributed by atoms with Gasteiger partial charge in [-0.1, -0.05) is 19.9 Å². The molecule has 1 aromatic carbocycles. The maximum Gasteiger partial charge on any atom is 0.410 e. The van der Waals surface area contributed by atoms with Gasteiger partial charge < -0.3 is 19.7 Å². The van der Waals surface area contributed by atoms with Gasteiger partial charge in [-0.15, -0.1) is 0 Å². The Labute approximate surface area is 185 Å². The first kappa shape index (κ1) is 22.0. The van der Waals surface area contributed by atoms with Gasteiger partial charge >= 0.3 is 6.09 Å². The third-order valence-electron chi connectivity index (χ3n) is 6.88. The summed E-state index contributed by atoms with van der Waals surface area (Å²) in [6.07, 6.45) is 4.34. The quantitative estimate of drug-likeness (QED) is 0.740. The number of carbonyl (C=O) groups excluding carboxylic acids is 2. The van der Waals surface area contributed by atoms with Crippen molar-refractivity contribution >= 4 is 12.0 Å². The number of fused-ring (bicyclic) bond motifs is 3. The van der Waals surface area contributed by atoms with Crippen LogP contribution in [-0.4, -0.2) is 48.2 Å². The number of amides is 2. The van der Waals surface area contributed by atoms with Crippen molar-refractivity contribution in [1.29, 1.82) is 0 Å². The maximum atomic E-state index is 12.8.